The zero-order chi connectivity index (χ0) is 22.1. The third kappa shape index (κ3) is 3.75. The van der Waals surface area contributed by atoms with Crippen molar-refractivity contribution in [1.29, 1.82) is 5.26 Å². The highest BCUT2D eigenvalue weighted by atomic mass is 16.3. The Bertz CT molecular complexity index is 818. The minimum absolute atomic E-state index is 0.0424. The SMILES string of the molecule is CCC(CC)(CCCCCC#N)c1cc(O)c([C@H]2C=C(C)[C@H]3C[C@@H]2C3(C)C)c(O)c1. The molecule has 4 rings (SSSR count). The second-order valence-electron chi connectivity index (χ2n) is 10.3. The van der Waals surface area contributed by atoms with Gasteiger partial charge in [-0.05, 0) is 79.4 Å². The molecule has 0 amide bonds. The van der Waals surface area contributed by atoms with Gasteiger partial charge in [0.1, 0.15) is 11.5 Å². The summed E-state index contributed by atoms with van der Waals surface area (Å²) in [5.74, 6) is 1.68. The molecule has 3 nitrogen and oxygen atoms in total. The third-order valence-corrected chi connectivity index (χ3v) is 8.65. The van der Waals surface area contributed by atoms with Crippen LogP contribution in [0.2, 0.25) is 0 Å². The Kier molecular flexibility index (Phi) is 6.56. The van der Waals surface area contributed by atoms with Crippen molar-refractivity contribution in [2.75, 3.05) is 0 Å². The molecule has 1 aromatic rings. The number of nitrogens with zero attached hydrogens (tertiary/aromatic N) is 1. The molecule has 3 aliphatic rings. The number of nitriles is 1. The average molecular weight is 410 g/mol. The van der Waals surface area contributed by atoms with E-state index in [2.05, 4.69) is 46.8 Å². The van der Waals surface area contributed by atoms with E-state index in [0.29, 0.717) is 23.8 Å². The standard InChI is InChI=1S/C27H39NO2/c1-6-27(7-2,12-10-8-9-11-13-28)19-15-23(29)25(24(30)16-19)20-14-18(3)21-17-22(20)26(21,4)5/h14-16,20-22,29-30H,6-12,17H2,1-5H3/t20-,21+,22-/m0/s1. The minimum Gasteiger partial charge on any atom is -0.507 e. The predicted molar refractivity (Wildman–Crippen MR) is 123 cm³/mol. The number of phenols is 2. The van der Waals surface area contributed by atoms with Crippen LogP contribution < -0.4 is 0 Å². The number of unbranched alkanes of at least 4 members (excludes halogenated alkanes) is 3. The van der Waals surface area contributed by atoms with E-state index in [0.717, 1.165) is 50.5 Å². The summed E-state index contributed by atoms with van der Waals surface area (Å²) in [6.45, 7) is 11.2. The minimum atomic E-state index is -0.0424. The van der Waals surface area contributed by atoms with Gasteiger partial charge in [0.2, 0.25) is 0 Å². The lowest BCUT2D eigenvalue weighted by atomic mass is 9.45. The molecule has 0 aromatic heterocycles. The van der Waals surface area contributed by atoms with Crippen LogP contribution >= 0.6 is 0 Å². The van der Waals surface area contributed by atoms with E-state index < -0.39 is 0 Å². The molecule has 0 unspecified atom stereocenters. The summed E-state index contributed by atoms with van der Waals surface area (Å²) >= 11 is 0. The van der Waals surface area contributed by atoms with E-state index in [1.807, 2.05) is 12.1 Å². The molecule has 0 aliphatic heterocycles. The van der Waals surface area contributed by atoms with Crippen LogP contribution in [0, 0.1) is 28.6 Å². The summed E-state index contributed by atoms with van der Waals surface area (Å²) in [5.41, 5.74) is 3.34. The van der Waals surface area contributed by atoms with Gasteiger partial charge < -0.3 is 10.2 Å². The molecule has 30 heavy (non-hydrogen) atoms. The van der Waals surface area contributed by atoms with Crippen LogP contribution in [-0.2, 0) is 5.41 Å². The van der Waals surface area contributed by atoms with Gasteiger partial charge in [0.25, 0.3) is 0 Å². The lowest BCUT2D eigenvalue weighted by Gasteiger charge is -2.59. The van der Waals surface area contributed by atoms with Crippen LogP contribution in [0.1, 0.15) is 103 Å². The number of benzene rings is 1. The third-order valence-electron chi connectivity index (χ3n) is 8.65. The molecule has 2 bridgehead atoms. The molecule has 0 radical (unpaired) electrons. The highest BCUT2D eigenvalue weighted by molar-refractivity contribution is 5.54. The number of fused-ring (bicyclic) bond motifs is 1. The molecule has 1 fully saturated rings. The van der Waals surface area contributed by atoms with E-state index in [1.165, 1.54) is 5.57 Å². The second-order valence-corrected chi connectivity index (χ2v) is 10.3. The Hall–Kier alpha value is -1.95. The molecule has 164 valence electrons. The molecular weight excluding hydrogens is 370 g/mol. The number of rotatable bonds is 9. The van der Waals surface area contributed by atoms with Crippen LogP contribution in [-0.4, -0.2) is 10.2 Å². The van der Waals surface area contributed by atoms with Gasteiger partial charge in [-0.25, -0.2) is 0 Å². The quantitative estimate of drug-likeness (QED) is 0.331. The van der Waals surface area contributed by atoms with E-state index in [4.69, 9.17) is 5.26 Å². The molecule has 0 heterocycles. The first-order chi connectivity index (χ1) is 14.2. The van der Waals surface area contributed by atoms with Crippen LogP contribution in [0.15, 0.2) is 23.8 Å². The predicted octanol–water partition coefficient (Wildman–Crippen LogP) is 7.34. The molecular formula is C27H39NO2. The lowest BCUT2D eigenvalue weighted by Crippen LogP contribution is -2.50. The summed E-state index contributed by atoms with van der Waals surface area (Å²) in [5, 5.41) is 30.9. The highest BCUT2D eigenvalue weighted by Gasteiger charge is 2.55. The normalized spacial score (nSPS) is 24.7. The molecule has 0 spiro atoms. The van der Waals surface area contributed by atoms with Gasteiger partial charge in [-0.2, -0.15) is 5.26 Å². The molecule has 0 saturated heterocycles. The first-order valence-electron chi connectivity index (χ1n) is 11.8. The fourth-order valence-corrected chi connectivity index (χ4v) is 6.41. The van der Waals surface area contributed by atoms with Crippen molar-refractivity contribution in [2.24, 2.45) is 17.3 Å². The summed E-state index contributed by atoms with van der Waals surface area (Å²) in [6, 6.07) is 6.08. The number of allylic oxidation sites excluding steroid dienone is 2. The number of hydrogen-bond donors (Lipinski definition) is 2. The zero-order valence-corrected chi connectivity index (χ0v) is 19.5. The van der Waals surface area contributed by atoms with Gasteiger partial charge in [-0.15, -0.1) is 0 Å². The van der Waals surface area contributed by atoms with Crippen molar-refractivity contribution in [3.05, 3.63) is 34.9 Å². The number of phenolic OH excluding ortho intramolecular Hbond substituents is 2. The topological polar surface area (TPSA) is 64.2 Å². The van der Waals surface area contributed by atoms with Crippen molar-refractivity contribution in [3.8, 4) is 17.6 Å². The molecule has 1 saturated carbocycles. The second kappa shape index (κ2) is 8.66. The number of aromatic hydroxyl groups is 2. The Labute approximate surface area is 182 Å². The molecule has 3 heteroatoms. The van der Waals surface area contributed by atoms with Crippen molar-refractivity contribution in [3.63, 3.8) is 0 Å². The lowest BCUT2D eigenvalue weighted by molar-refractivity contribution is -0.0198. The largest absolute Gasteiger partial charge is 0.507 e. The summed E-state index contributed by atoms with van der Waals surface area (Å²) < 4.78 is 0. The van der Waals surface area contributed by atoms with Crippen molar-refractivity contribution in [1.82, 2.24) is 0 Å². The smallest absolute Gasteiger partial charge is 0.123 e. The summed E-state index contributed by atoms with van der Waals surface area (Å²) in [4.78, 5) is 0. The highest BCUT2D eigenvalue weighted by Crippen LogP contribution is 2.65. The molecule has 1 aromatic carbocycles. The van der Waals surface area contributed by atoms with Crippen molar-refractivity contribution in [2.45, 2.75) is 97.3 Å². The fourth-order valence-electron chi connectivity index (χ4n) is 6.41. The Balaban J connectivity index is 1.90. The van der Waals surface area contributed by atoms with E-state index in [9.17, 15) is 10.2 Å². The maximum atomic E-state index is 11.1. The first kappa shape index (κ1) is 22.7. The Morgan fingerprint density at radius 2 is 1.73 bits per heavy atom. The van der Waals surface area contributed by atoms with Crippen molar-refractivity contribution < 1.29 is 10.2 Å². The van der Waals surface area contributed by atoms with Crippen LogP contribution in [0.3, 0.4) is 0 Å². The average Bonchev–Trinajstić information content (AvgIpc) is 2.70. The maximum absolute atomic E-state index is 11.1. The van der Waals surface area contributed by atoms with E-state index >= 15 is 0 Å². The van der Waals surface area contributed by atoms with Gasteiger partial charge in [-0.3, -0.25) is 0 Å². The van der Waals surface area contributed by atoms with Gasteiger partial charge >= 0.3 is 0 Å². The van der Waals surface area contributed by atoms with Gasteiger partial charge in [-0.1, -0.05) is 52.2 Å². The van der Waals surface area contributed by atoms with Gasteiger partial charge in [0, 0.05) is 17.9 Å². The van der Waals surface area contributed by atoms with Crippen molar-refractivity contribution >= 4 is 0 Å². The van der Waals surface area contributed by atoms with Crippen LogP contribution in [0.25, 0.3) is 0 Å². The monoisotopic (exact) mass is 409 g/mol. The Morgan fingerprint density at radius 3 is 2.23 bits per heavy atom. The molecule has 3 atom stereocenters. The summed E-state index contributed by atoms with van der Waals surface area (Å²) in [6.07, 6.45) is 10.1. The molecule has 2 N–H and O–H groups in total. The van der Waals surface area contributed by atoms with E-state index in [-0.39, 0.29) is 28.2 Å². The van der Waals surface area contributed by atoms with Gasteiger partial charge in [0.15, 0.2) is 0 Å². The molecule has 3 aliphatic carbocycles. The zero-order valence-electron chi connectivity index (χ0n) is 19.5. The number of hydrogen-bond acceptors (Lipinski definition) is 3. The van der Waals surface area contributed by atoms with E-state index in [1.54, 1.807) is 0 Å². The maximum Gasteiger partial charge on any atom is 0.123 e. The van der Waals surface area contributed by atoms with Crippen LogP contribution in [0.5, 0.6) is 11.5 Å². The Morgan fingerprint density at radius 1 is 1.10 bits per heavy atom. The van der Waals surface area contributed by atoms with Crippen LogP contribution in [0.4, 0.5) is 0 Å². The fraction of sp³-hybridized carbons (Fsp3) is 0.667. The first-order valence-corrected chi connectivity index (χ1v) is 11.8. The summed E-state index contributed by atoms with van der Waals surface area (Å²) in [7, 11) is 0. The van der Waals surface area contributed by atoms with Gasteiger partial charge in [0.05, 0.1) is 6.07 Å².